The average Bonchev–Trinajstić information content (AvgIpc) is 2.47. The van der Waals surface area contributed by atoms with Gasteiger partial charge in [-0.05, 0) is 13.0 Å². The Hall–Kier alpha value is -2.57. The highest BCUT2D eigenvalue weighted by atomic mass is 16.5. The molecule has 0 aromatic carbocycles. The van der Waals surface area contributed by atoms with Crippen molar-refractivity contribution in [3.63, 3.8) is 0 Å². The normalized spacial score (nSPS) is 11.3. The van der Waals surface area contributed by atoms with Crippen LogP contribution in [0.3, 0.4) is 0 Å². The van der Waals surface area contributed by atoms with Crippen molar-refractivity contribution in [1.29, 1.82) is 5.41 Å². The van der Waals surface area contributed by atoms with E-state index in [-0.39, 0.29) is 12.5 Å². The van der Waals surface area contributed by atoms with Gasteiger partial charge in [0.25, 0.3) is 5.91 Å². The fourth-order valence-electron chi connectivity index (χ4n) is 1.56. The van der Waals surface area contributed by atoms with Crippen molar-refractivity contribution in [3.8, 4) is 5.88 Å². The maximum atomic E-state index is 12.0. The summed E-state index contributed by atoms with van der Waals surface area (Å²) in [5, 5.41) is 12.7. The van der Waals surface area contributed by atoms with E-state index in [1.807, 2.05) is 6.92 Å². The number of nitrogens with one attached hydrogen (secondary N) is 3. The highest BCUT2D eigenvalue weighted by Gasteiger charge is 2.10. The van der Waals surface area contributed by atoms with Crippen LogP contribution in [0.4, 0.5) is 0 Å². The molecule has 0 aliphatic heterocycles. The summed E-state index contributed by atoms with van der Waals surface area (Å²) in [7, 11) is 3.17. The van der Waals surface area contributed by atoms with Crippen LogP contribution in [0.5, 0.6) is 5.88 Å². The summed E-state index contributed by atoms with van der Waals surface area (Å²) in [5.41, 5.74) is 7.35. The van der Waals surface area contributed by atoms with Crippen LogP contribution in [0.1, 0.15) is 15.9 Å². The molecule has 0 spiro atoms. The van der Waals surface area contributed by atoms with Crippen LogP contribution in [0, 0.1) is 12.3 Å². The maximum absolute atomic E-state index is 12.0. The Labute approximate surface area is 117 Å². The van der Waals surface area contributed by atoms with Crippen LogP contribution in [0.15, 0.2) is 23.7 Å². The van der Waals surface area contributed by atoms with E-state index in [9.17, 15) is 4.79 Å². The number of nitrogens with zero attached hydrogens (tertiary/aromatic N) is 1. The molecule has 108 valence electrons. The van der Waals surface area contributed by atoms with E-state index in [2.05, 4.69) is 15.6 Å². The molecule has 1 aromatic rings. The third kappa shape index (κ3) is 3.71. The van der Waals surface area contributed by atoms with Gasteiger partial charge in [-0.2, -0.15) is 0 Å². The Morgan fingerprint density at radius 1 is 1.60 bits per heavy atom. The number of ether oxygens (including phenoxy) is 1. The molecule has 0 bridgehead atoms. The molecular formula is C13H19N5O2. The Bertz CT molecular complexity index is 540. The molecule has 1 heterocycles. The largest absolute Gasteiger partial charge is 0.481 e. The summed E-state index contributed by atoms with van der Waals surface area (Å²) in [6, 6.07) is 1.69. The smallest absolute Gasteiger partial charge is 0.253 e. The van der Waals surface area contributed by atoms with Crippen LogP contribution in [0.2, 0.25) is 0 Å². The molecule has 1 amide bonds. The molecule has 7 heteroatoms. The van der Waals surface area contributed by atoms with E-state index in [4.69, 9.17) is 15.9 Å². The monoisotopic (exact) mass is 277 g/mol. The average molecular weight is 277 g/mol. The Morgan fingerprint density at radius 2 is 2.30 bits per heavy atom. The van der Waals surface area contributed by atoms with Crippen molar-refractivity contribution in [2.45, 2.75) is 6.92 Å². The van der Waals surface area contributed by atoms with Gasteiger partial charge in [0.15, 0.2) is 0 Å². The fourth-order valence-corrected chi connectivity index (χ4v) is 1.56. The first-order valence-corrected chi connectivity index (χ1v) is 5.99. The second-order valence-electron chi connectivity index (χ2n) is 4.07. The lowest BCUT2D eigenvalue weighted by atomic mass is 10.2. The van der Waals surface area contributed by atoms with E-state index < -0.39 is 0 Å². The highest BCUT2D eigenvalue weighted by molar-refractivity contribution is 5.95. The van der Waals surface area contributed by atoms with Gasteiger partial charge in [0.05, 0.1) is 12.7 Å². The van der Waals surface area contributed by atoms with E-state index in [1.54, 1.807) is 13.1 Å². The molecule has 0 aliphatic carbocycles. The summed E-state index contributed by atoms with van der Waals surface area (Å²) in [5.74, 6) is 0.553. The third-order valence-electron chi connectivity index (χ3n) is 2.71. The number of methoxy groups -OCH3 is 1. The number of rotatable bonds is 6. The third-order valence-corrected chi connectivity index (χ3v) is 2.71. The molecule has 0 aliphatic rings. The number of carbonyl (C=O) groups is 1. The van der Waals surface area contributed by atoms with Crippen molar-refractivity contribution in [3.05, 3.63) is 34.8 Å². The number of amides is 1. The summed E-state index contributed by atoms with van der Waals surface area (Å²) >= 11 is 0. The fraction of sp³-hybridized carbons (Fsp3) is 0.308. The van der Waals surface area contributed by atoms with Gasteiger partial charge in [-0.25, -0.2) is 4.98 Å². The zero-order chi connectivity index (χ0) is 15.1. The molecule has 1 aromatic heterocycles. The first-order valence-electron chi connectivity index (χ1n) is 5.99. The minimum Gasteiger partial charge on any atom is -0.481 e. The van der Waals surface area contributed by atoms with E-state index in [1.165, 1.54) is 13.3 Å². The minimum absolute atomic E-state index is 0.167. The summed E-state index contributed by atoms with van der Waals surface area (Å²) in [4.78, 5) is 16.0. The molecular weight excluding hydrogens is 258 g/mol. The Balaban J connectivity index is 2.77. The van der Waals surface area contributed by atoms with E-state index in [0.717, 1.165) is 11.8 Å². The van der Waals surface area contributed by atoms with Gasteiger partial charge in [0.1, 0.15) is 5.82 Å². The summed E-state index contributed by atoms with van der Waals surface area (Å²) < 4.78 is 5.04. The van der Waals surface area contributed by atoms with Crippen LogP contribution in [0.25, 0.3) is 0 Å². The predicted molar refractivity (Wildman–Crippen MR) is 76.9 cm³/mol. The Morgan fingerprint density at radius 3 is 2.80 bits per heavy atom. The van der Waals surface area contributed by atoms with Crippen LogP contribution in [-0.4, -0.2) is 37.8 Å². The summed E-state index contributed by atoms with van der Waals surface area (Å²) in [6.07, 6.45) is 2.54. The van der Waals surface area contributed by atoms with Crippen molar-refractivity contribution < 1.29 is 9.53 Å². The van der Waals surface area contributed by atoms with Crippen LogP contribution < -0.4 is 21.1 Å². The van der Waals surface area contributed by atoms with Crippen LogP contribution >= 0.6 is 0 Å². The molecule has 0 saturated carbocycles. The number of aromatic nitrogens is 1. The molecule has 7 nitrogen and oxygen atoms in total. The lowest BCUT2D eigenvalue weighted by Gasteiger charge is -2.10. The molecule has 0 saturated heterocycles. The van der Waals surface area contributed by atoms with Gasteiger partial charge in [-0.1, -0.05) is 0 Å². The SMILES string of the molecule is CN/C(N)=C(/C=N)CNC(=O)c1cnc(OC)c(C)c1. The first-order chi connectivity index (χ1) is 9.53. The lowest BCUT2D eigenvalue weighted by molar-refractivity contribution is 0.0957. The number of hydrogen-bond donors (Lipinski definition) is 4. The quantitative estimate of drug-likeness (QED) is 0.553. The minimum atomic E-state index is -0.286. The molecule has 5 N–H and O–H groups in total. The van der Waals surface area contributed by atoms with Gasteiger partial charge in [0.2, 0.25) is 5.88 Å². The highest BCUT2D eigenvalue weighted by Crippen LogP contribution is 2.14. The number of hydrogen-bond acceptors (Lipinski definition) is 6. The number of carbonyl (C=O) groups excluding carboxylic acids is 1. The first kappa shape index (κ1) is 15.5. The zero-order valence-electron chi connectivity index (χ0n) is 11.8. The second-order valence-corrected chi connectivity index (χ2v) is 4.07. The van der Waals surface area contributed by atoms with Gasteiger partial charge in [0, 0.05) is 37.1 Å². The maximum Gasteiger partial charge on any atom is 0.253 e. The molecule has 0 fully saturated rings. The zero-order valence-corrected chi connectivity index (χ0v) is 11.8. The molecule has 1 rings (SSSR count). The van der Waals surface area contributed by atoms with Crippen molar-refractivity contribution in [2.75, 3.05) is 20.7 Å². The van der Waals surface area contributed by atoms with Gasteiger partial charge in [-0.15, -0.1) is 0 Å². The molecule has 20 heavy (non-hydrogen) atoms. The van der Waals surface area contributed by atoms with Crippen LogP contribution in [-0.2, 0) is 0 Å². The predicted octanol–water partition coefficient (Wildman–Crippen LogP) is 0.168. The lowest BCUT2D eigenvalue weighted by Crippen LogP contribution is -2.29. The van der Waals surface area contributed by atoms with Crippen molar-refractivity contribution in [2.24, 2.45) is 5.73 Å². The topological polar surface area (TPSA) is 113 Å². The van der Waals surface area contributed by atoms with Gasteiger partial charge in [-0.3, -0.25) is 4.79 Å². The standard InChI is InChI=1S/C13H19N5O2/c1-8-4-9(6-18-13(8)20-3)12(19)17-7-10(5-14)11(15)16-2/h4-6,14,16H,7,15H2,1-3H3,(H,17,19)/b11-10-,14-5?. The number of pyridine rings is 1. The molecule has 0 radical (unpaired) electrons. The van der Waals surface area contributed by atoms with E-state index in [0.29, 0.717) is 22.8 Å². The van der Waals surface area contributed by atoms with Gasteiger partial charge < -0.3 is 26.5 Å². The van der Waals surface area contributed by atoms with Crippen molar-refractivity contribution >= 4 is 12.1 Å². The second kappa shape index (κ2) is 7.13. The van der Waals surface area contributed by atoms with Crippen molar-refractivity contribution in [1.82, 2.24) is 15.6 Å². The Kier molecular flexibility index (Phi) is 5.52. The molecule has 0 atom stereocenters. The summed E-state index contributed by atoms with van der Waals surface area (Å²) in [6.45, 7) is 1.98. The number of aryl methyl sites for hydroxylation is 1. The van der Waals surface area contributed by atoms with E-state index >= 15 is 0 Å². The van der Waals surface area contributed by atoms with Gasteiger partial charge >= 0.3 is 0 Å². The number of nitrogens with two attached hydrogens (primary N) is 1. The molecule has 0 unspecified atom stereocenters.